The average Bonchev–Trinajstić information content (AvgIpc) is 2.57. The highest BCUT2D eigenvalue weighted by molar-refractivity contribution is 7.89. The van der Waals surface area contributed by atoms with Crippen molar-refractivity contribution < 1.29 is 8.42 Å². The number of sulfonamides is 1. The van der Waals surface area contributed by atoms with Gasteiger partial charge in [0.1, 0.15) is 0 Å². The average molecular weight is 360 g/mol. The lowest BCUT2D eigenvalue weighted by Gasteiger charge is -2.21. The number of aryl methyl sites for hydroxylation is 1. The van der Waals surface area contributed by atoms with E-state index in [-0.39, 0.29) is 6.04 Å². The molecular weight excluding hydrogens is 330 g/mol. The molecular formula is C21H29NO2S. The minimum absolute atomic E-state index is 0.281. The molecule has 0 heterocycles. The van der Waals surface area contributed by atoms with Crippen LogP contribution in [0.5, 0.6) is 0 Å². The monoisotopic (exact) mass is 359 g/mol. The van der Waals surface area contributed by atoms with Crippen LogP contribution in [-0.4, -0.2) is 8.42 Å². The molecule has 1 unspecified atom stereocenters. The van der Waals surface area contributed by atoms with E-state index < -0.39 is 10.0 Å². The lowest BCUT2D eigenvalue weighted by atomic mass is 9.95. The molecule has 0 aliphatic rings. The van der Waals surface area contributed by atoms with Crippen molar-refractivity contribution in [3.8, 4) is 0 Å². The van der Waals surface area contributed by atoms with Crippen molar-refractivity contribution in [1.29, 1.82) is 0 Å². The molecule has 2 rings (SSSR count). The van der Waals surface area contributed by atoms with E-state index in [4.69, 9.17) is 0 Å². The van der Waals surface area contributed by atoms with Gasteiger partial charge >= 0.3 is 0 Å². The van der Waals surface area contributed by atoms with Gasteiger partial charge in [-0.05, 0) is 86.9 Å². The fraction of sp³-hybridized carbons (Fsp3) is 0.429. The Hall–Kier alpha value is -1.65. The molecule has 1 N–H and O–H groups in total. The second-order valence-corrected chi connectivity index (χ2v) is 8.54. The smallest absolute Gasteiger partial charge is 0.207 e. The molecule has 0 fully saturated rings. The molecule has 0 aliphatic heterocycles. The van der Waals surface area contributed by atoms with Crippen molar-refractivity contribution in [3.63, 3.8) is 0 Å². The molecule has 0 saturated heterocycles. The van der Waals surface area contributed by atoms with E-state index in [0.29, 0.717) is 4.90 Å². The Morgan fingerprint density at radius 1 is 0.840 bits per heavy atom. The summed E-state index contributed by atoms with van der Waals surface area (Å²) >= 11 is 0. The van der Waals surface area contributed by atoms with Crippen LogP contribution < -0.4 is 4.72 Å². The highest BCUT2D eigenvalue weighted by atomic mass is 32.2. The normalized spacial score (nSPS) is 13.1. The van der Waals surface area contributed by atoms with E-state index in [1.165, 1.54) is 5.56 Å². The summed E-state index contributed by atoms with van der Waals surface area (Å²) in [4.78, 5) is 0.421. The lowest BCUT2D eigenvalue weighted by Crippen LogP contribution is -2.28. The van der Waals surface area contributed by atoms with E-state index in [1.54, 1.807) is 0 Å². The van der Waals surface area contributed by atoms with Crippen LogP contribution in [0.3, 0.4) is 0 Å². The molecule has 0 amide bonds. The van der Waals surface area contributed by atoms with Crippen molar-refractivity contribution in [1.82, 2.24) is 4.72 Å². The Morgan fingerprint density at radius 3 is 1.72 bits per heavy atom. The second kappa shape index (κ2) is 7.30. The van der Waals surface area contributed by atoms with E-state index >= 15 is 0 Å². The molecule has 0 spiro atoms. The van der Waals surface area contributed by atoms with Crippen molar-refractivity contribution in [2.24, 2.45) is 0 Å². The zero-order valence-corrected chi connectivity index (χ0v) is 17.1. The van der Waals surface area contributed by atoms with Crippen LogP contribution in [0.15, 0.2) is 29.2 Å². The van der Waals surface area contributed by atoms with E-state index in [2.05, 4.69) is 23.8 Å². The van der Waals surface area contributed by atoms with E-state index in [1.807, 2.05) is 53.7 Å². The lowest BCUT2D eigenvalue weighted by molar-refractivity contribution is 0.565. The Bertz CT molecular complexity index is 852. The fourth-order valence-electron chi connectivity index (χ4n) is 3.27. The topological polar surface area (TPSA) is 46.2 Å². The third-order valence-corrected chi connectivity index (χ3v) is 7.23. The van der Waals surface area contributed by atoms with Crippen LogP contribution in [0.2, 0.25) is 0 Å². The molecule has 3 nitrogen and oxygen atoms in total. The number of benzene rings is 2. The first-order chi connectivity index (χ1) is 11.6. The maximum atomic E-state index is 13.1. The summed E-state index contributed by atoms with van der Waals surface area (Å²) in [5.74, 6) is 0. The molecule has 0 aliphatic carbocycles. The van der Waals surface area contributed by atoms with Crippen molar-refractivity contribution >= 4 is 10.0 Å². The number of rotatable bonds is 5. The van der Waals surface area contributed by atoms with Crippen LogP contribution in [0.4, 0.5) is 0 Å². The molecule has 136 valence electrons. The van der Waals surface area contributed by atoms with Gasteiger partial charge in [0.25, 0.3) is 0 Å². The summed E-state index contributed by atoms with van der Waals surface area (Å²) in [6.07, 6.45) is 0.973. The maximum Gasteiger partial charge on any atom is 0.241 e. The van der Waals surface area contributed by atoms with Gasteiger partial charge in [0.15, 0.2) is 0 Å². The summed E-state index contributed by atoms with van der Waals surface area (Å²) in [5, 5.41) is 0. The highest BCUT2D eigenvalue weighted by Gasteiger charge is 2.25. The number of hydrogen-bond acceptors (Lipinski definition) is 2. The molecule has 1 atom stereocenters. The Morgan fingerprint density at radius 2 is 1.28 bits per heavy atom. The first-order valence-electron chi connectivity index (χ1n) is 8.78. The molecule has 2 aromatic rings. The zero-order valence-electron chi connectivity index (χ0n) is 16.3. The zero-order chi connectivity index (χ0) is 18.9. The fourth-order valence-corrected chi connectivity index (χ4v) is 5.10. The Balaban J connectivity index is 2.42. The number of hydrogen-bond donors (Lipinski definition) is 1. The summed E-state index contributed by atoms with van der Waals surface area (Å²) in [5.41, 5.74) is 7.14. The van der Waals surface area contributed by atoms with Gasteiger partial charge in [-0.15, -0.1) is 0 Å². The van der Waals surface area contributed by atoms with Gasteiger partial charge in [0, 0.05) is 6.04 Å². The quantitative estimate of drug-likeness (QED) is 0.831. The molecule has 2 aromatic carbocycles. The predicted octanol–water partition coefficient (Wildman–Crippen LogP) is 4.83. The van der Waals surface area contributed by atoms with Gasteiger partial charge in [0.05, 0.1) is 4.90 Å². The molecule has 0 bridgehead atoms. The third kappa shape index (κ3) is 3.80. The van der Waals surface area contributed by atoms with Crippen LogP contribution in [-0.2, 0) is 16.4 Å². The van der Waals surface area contributed by atoms with Gasteiger partial charge in [-0.2, -0.15) is 0 Å². The Labute approximate surface area is 152 Å². The van der Waals surface area contributed by atoms with Crippen molar-refractivity contribution in [2.45, 2.75) is 65.8 Å². The molecule has 4 heteroatoms. The highest BCUT2D eigenvalue weighted by Crippen LogP contribution is 2.30. The first-order valence-corrected chi connectivity index (χ1v) is 10.3. The Kier molecular flexibility index (Phi) is 5.75. The summed E-state index contributed by atoms with van der Waals surface area (Å²) in [6.45, 7) is 13.8. The third-order valence-electron chi connectivity index (χ3n) is 5.42. The molecule has 0 aromatic heterocycles. The number of nitrogens with one attached hydrogen (secondary N) is 1. The van der Waals surface area contributed by atoms with Crippen LogP contribution in [0.1, 0.15) is 58.8 Å². The summed E-state index contributed by atoms with van der Waals surface area (Å²) in [6, 6.07) is 7.82. The largest absolute Gasteiger partial charge is 0.241 e. The van der Waals surface area contributed by atoms with E-state index in [0.717, 1.165) is 39.8 Å². The molecule has 25 heavy (non-hydrogen) atoms. The van der Waals surface area contributed by atoms with Gasteiger partial charge in [-0.3, -0.25) is 0 Å². The SMILES string of the molecule is CCc1ccc(C(C)NS(=O)(=O)c2c(C)c(C)c(C)c(C)c2C)cc1. The molecule has 0 radical (unpaired) electrons. The van der Waals surface area contributed by atoms with Gasteiger partial charge in [-0.1, -0.05) is 31.2 Å². The van der Waals surface area contributed by atoms with E-state index in [9.17, 15) is 8.42 Å². The van der Waals surface area contributed by atoms with Gasteiger partial charge in [-0.25, -0.2) is 13.1 Å². The van der Waals surface area contributed by atoms with Crippen LogP contribution >= 0.6 is 0 Å². The summed E-state index contributed by atoms with van der Waals surface area (Å²) in [7, 11) is -3.60. The van der Waals surface area contributed by atoms with Crippen LogP contribution in [0, 0.1) is 34.6 Å². The maximum absolute atomic E-state index is 13.1. The standard InChI is InChI=1S/C21H29NO2S/c1-8-19-9-11-20(12-10-19)18(7)22-25(23,24)21-16(5)14(3)13(2)15(4)17(21)6/h9-12,18,22H,8H2,1-7H3. The van der Waals surface area contributed by atoms with Gasteiger partial charge in [0.2, 0.25) is 10.0 Å². The predicted molar refractivity (Wildman–Crippen MR) is 105 cm³/mol. The minimum Gasteiger partial charge on any atom is -0.207 e. The molecule has 0 saturated carbocycles. The van der Waals surface area contributed by atoms with Crippen molar-refractivity contribution in [2.75, 3.05) is 0 Å². The minimum atomic E-state index is -3.60. The first kappa shape index (κ1) is 19.7. The second-order valence-electron chi connectivity index (χ2n) is 6.89. The van der Waals surface area contributed by atoms with Crippen LogP contribution in [0.25, 0.3) is 0 Å². The van der Waals surface area contributed by atoms with Crippen molar-refractivity contribution in [3.05, 3.63) is 63.2 Å². The summed E-state index contributed by atoms with van der Waals surface area (Å²) < 4.78 is 29.0. The van der Waals surface area contributed by atoms with Gasteiger partial charge < -0.3 is 0 Å².